The van der Waals surface area contributed by atoms with Gasteiger partial charge in [0.1, 0.15) is 5.69 Å². The maximum absolute atomic E-state index is 4.50. The molecule has 4 aromatic rings. The first-order valence-corrected chi connectivity index (χ1v) is 8.85. The van der Waals surface area contributed by atoms with Crippen LogP contribution in [0.2, 0.25) is 0 Å². The second-order valence-electron chi connectivity index (χ2n) is 5.94. The van der Waals surface area contributed by atoms with Crippen LogP contribution in [0.25, 0.3) is 22.0 Å². The third-order valence-corrected chi connectivity index (χ3v) is 4.59. The summed E-state index contributed by atoms with van der Waals surface area (Å²) in [5, 5.41) is 14.5. The maximum Gasteiger partial charge on any atom is 0.161 e. The first-order valence-electron chi connectivity index (χ1n) is 8.06. The highest BCUT2D eigenvalue weighted by molar-refractivity contribution is 9.10. The highest BCUT2D eigenvalue weighted by atomic mass is 79.9. The lowest BCUT2D eigenvalue weighted by Gasteiger charge is -2.11. The standard InChI is InChI=1S/C21H16BrN3/c1-14-9-11-15(12-10-14)20-18-7-2-3-8-19(18)21(25-24-20)23-17-6-4-5-16(22)13-17/h2-13H,1H3,(H,23,25). The summed E-state index contributed by atoms with van der Waals surface area (Å²) in [5.74, 6) is 0.754. The minimum atomic E-state index is 0.754. The van der Waals surface area contributed by atoms with Gasteiger partial charge in [0, 0.05) is 26.5 Å². The van der Waals surface area contributed by atoms with Crippen LogP contribution in [0.15, 0.2) is 77.3 Å². The van der Waals surface area contributed by atoms with E-state index in [0.29, 0.717) is 0 Å². The molecule has 122 valence electrons. The molecule has 0 unspecified atom stereocenters. The van der Waals surface area contributed by atoms with E-state index in [1.54, 1.807) is 0 Å². The first kappa shape index (κ1) is 15.8. The van der Waals surface area contributed by atoms with E-state index >= 15 is 0 Å². The van der Waals surface area contributed by atoms with Gasteiger partial charge in [0.05, 0.1) is 0 Å². The fourth-order valence-corrected chi connectivity index (χ4v) is 3.22. The van der Waals surface area contributed by atoms with Crippen LogP contribution in [-0.2, 0) is 0 Å². The molecule has 0 aliphatic carbocycles. The van der Waals surface area contributed by atoms with E-state index in [1.165, 1.54) is 5.56 Å². The Morgan fingerprint density at radius 2 is 1.56 bits per heavy atom. The van der Waals surface area contributed by atoms with Crippen LogP contribution in [-0.4, -0.2) is 10.2 Å². The minimum Gasteiger partial charge on any atom is -0.338 e. The van der Waals surface area contributed by atoms with Crippen molar-refractivity contribution in [2.24, 2.45) is 0 Å². The number of nitrogens with one attached hydrogen (secondary N) is 1. The Morgan fingerprint density at radius 3 is 2.32 bits per heavy atom. The zero-order chi connectivity index (χ0) is 17.2. The highest BCUT2D eigenvalue weighted by Gasteiger charge is 2.11. The molecular formula is C21H16BrN3. The van der Waals surface area contributed by atoms with Crippen molar-refractivity contribution in [3.8, 4) is 11.3 Å². The van der Waals surface area contributed by atoms with E-state index in [-0.39, 0.29) is 0 Å². The monoisotopic (exact) mass is 389 g/mol. The average molecular weight is 390 g/mol. The fraction of sp³-hybridized carbons (Fsp3) is 0.0476. The Balaban J connectivity index is 1.83. The van der Waals surface area contributed by atoms with E-state index in [4.69, 9.17) is 0 Å². The van der Waals surface area contributed by atoms with Crippen molar-refractivity contribution in [1.29, 1.82) is 0 Å². The molecule has 25 heavy (non-hydrogen) atoms. The van der Waals surface area contributed by atoms with Gasteiger partial charge in [0.15, 0.2) is 5.82 Å². The van der Waals surface area contributed by atoms with Gasteiger partial charge in [-0.15, -0.1) is 10.2 Å². The van der Waals surface area contributed by atoms with Crippen LogP contribution in [0, 0.1) is 6.92 Å². The molecule has 3 nitrogen and oxygen atoms in total. The second kappa shape index (κ2) is 6.65. The largest absolute Gasteiger partial charge is 0.338 e. The summed E-state index contributed by atoms with van der Waals surface area (Å²) < 4.78 is 1.02. The van der Waals surface area contributed by atoms with Crippen molar-refractivity contribution in [2.45, 2.75) is 6.92 Å². The van der Waals surface area contributed by atoms with Gasteiger partial charge in [-0.2, -0.15) is 0 Å². The van der Waals surface area contributed by atoms with E-state index in [2.05, 4.69) is 74.8 Å². The summed E-state index contributed by atoms with van der Waals surface area (Å²) in [6.45, 7) is 2.08. The Hall–Kier alpha value is -2.72. The predicted octanol–water partition coefficient (Wildman–Crippen LogP) is 6.11. The van der Waals surface area contributed by atoms with Gasteiger partial charge >= 0.3 is 0 Å². The smallest absolute Gasteiger partial charge is 0.161 e. The molecule has 4 heteroatoms. The van der Waals surface area contributed by atoms with Crippen molar-refractivity contribution in [2.75, 3.05) is 5.32 Å². The van der Waals surface area contributed by atoms with Crippen molar-refractivity contribution in [3.63, 3.8) is 0 Å². The molecule has 0 saturated heterocycles. The molecule has 3 aromatic carbocycles. The molecule has 0 fully saturated rings. The van der Waals surface area contributed by atoms with Gasteiger partial charge in [-0.05, 0) is 25.1 Å². The van der Waals surface area contributed by atoms with Gasteiger partial charge in [0.25, 0.3) is 0 Å². The first-order chi connectivity index (χ1) is 12.2. The molecule has 1 aromatic heterocycles. The summed E-state index contributed by atoms with van der Waals surface area (Å²) in [4.78, 5) is 0. The summed E-state index contributed by atoms with van der Waals surface area (Å²) in [7, 11) is 0. The molecule has 1 heterocycles. The van der Waals surface area contributed by atoms with Gasteiger partial charge in [-0.3, -0.25) is 0 Å². The van der Waals surface area contributed by atoms with Crippen molar-refractivity contribution < 1.29 is 0 Å². The number of aromatic nitrogens is 2. The van der Waals surface area contributed by atoms with Crippen molar-refractivity contribution >= 4 is 38.2 Å². The number of benzene rings is 3. The van der Waals surface area contributed by atoms with Crippen LogP contribution < -0.4 is 5.32 Å². The Kier molecular flexibility index (Phi) is 4.20. The zero-order valence-corrected chi connectivity index (χ0v) is 15.3. The summed E-state index contributed by atoms with van der Waals surface area (Å²) >= 11 is 3.50. The van der Waals surface area contributed by atoms with Gasteiger partial charge in [-0.1, -0.05) is 76.1 Å². The van der Waals surface area contributed by atoms with Gasteiger partial charge in [0.2, 0.25) is 0 Å². The molecule has 0 aliphatic heterocycles. The summed E-state index contributed by atoms with van der Waals surface area (Å²) in [5.41, 5.74) is 4.17. The van der Waals surface area contributed by atoms with E-state index in [1.807, 2.05) is 36.4 Å². The maximum atomic E-state index is 4.50. The summed E-state index contributed by atoms with van der Waals surface area (Å²) in [6, 6.07) is 24.6. The number of hydrogen-bond acceptors (Lipinski definition) is 3. The lowest BCUT2D eigenvalue weighted by Crippen LogP contribution is -1.99. The van der Waals surface area contributed by atoms with Crippen molar-refractivity contribution in [1.82, 2.24) is 10.2 Å². The SMILES string of the molecule is Cc1ccc(-c2nnc(Nc3cccc(Br)c3)c3ccccc23)cc1. The van der Waals surface area contributed by atoms with E-state index < -0.39 is 0 Å². The third-order valence-electron chi connectivity index (χ3n) is 4.10. The van der Waals surface area contributed by atoms with E-state index in [9.17, 15) is 0 Å². The number of rotatable bonds is 3. The zero-order valence-electron chi connectivity index (χ0n) is 13.7. The number of aryl methyl sites for hydroxylation is 1. The molecule has 0 atom stereocenters. The van der Waals surface area contributed by atoms with Crippen molar-refractivity contribution in [3.05, 3.63) is 82.8 Å². The number of nitrogens with zero attached hydrogens (tertiary/aromatic N) is 2. The fourth-order valence-electron chi connectivity index (χ4n) is 2.82. The average Bonchev–Trinajstić information content (AvgIpc) is 2.63. The van der Waals surface area contributed by atoms with Crippen LogP contribution in [0.4, 0.5) is 11.5 Å². The minimum absolute atomic E-state index is 0.754. The predicted molar refractivity (Wildman–Crippen MR) is 107 cm³/mol. The molecule has 0 aliphatic rings. The molecular weight excluding hydrogens is 374 g/mol. The Labute approximate surface area is 154 Å². The van der Waals surface area contributed by atoms with Crippen LogP contribution in [0.5, 0.6) is 0 Å². The van der Waals surface area contributed by atoms with Crippen LogP contribution in [0.3, 0.4) is 0 Å². The quantitative estimate of drug-likeness (QED) is 0.459. The normalized spacial score (nSPS) is 10.8. The number of hydrogen-bond donors (Lipinski definition) is 1. The number of fused-ring (bicyclic) bond motifs is 1. The van der Waals surface area contributed by atoms with Crippen LogP contribution in [0.1, 0.15) is 5.56 Å². The molecule has 0 amide bonds. The van der Waals surface area contributed by atoms with Gasteiger partial charge < -0.3 is 5.32 Å². The molecule has 1 N–H and O–H groups in total. The Bertz CT molecular complexity index is 1040. The van der Waals surface area contributed by atoms with E-state index in [0.717, 1.165) is 38.0 Å². The molecule has 4 rings (SSSR count). The molecule has 0 spiro atoms. The van der Waals surface area contributed by atoms with Crippen LogP contribution >= 0.6 is 15.9 Å². The highest BCUT2D eigenvalue weighted by Crippen LogP contribution is 2.31. The molecule has 0 saturated carbocycles. The summed E-state index contributed by atoms with van der Waals surface area (Å²) in [6.07, 6.45) is 0. The number of anilines is 2. The lowest BCUT2D eigenvalue weighted by atomic mass is 10.0. The molecule has 0 bridgehead atoms. The van der Waals surface area contributed by atoms with Gasteiger partial charge in [-0.25, -0.2) is 0 Å². The number of halogens is 1. The third kappa shape index (κ3) is 3.26. The topological polar surface area (TPSA) is 37.8 Å². The second-order valence-corrected chi connectivity index (χ2v) is 6.86. The lowest BCUT2D eigenvalue weighted by molar-refractivity contribution is 1.06. The Morgan fingerprint density at radius 1 is 0.800 bits per heavy atom. The molecule has 0 radical (unpaired) electrons.